The summed E-state index contributed by atoms with van der Waals surface area (Å²) in [6.45, 7) is 0.470. The van der Waals surface area contributed by atoms with Crippen molar-refractivity contribution in [2.75, 3.05) is 32.4 Å². The number of hydrogen-bond donors (Lipinski definition) is 2. The van der Waals surface area contributed by atoms with E-state index in [4.69, 9.17) is 14.2 Å². The predicted molar refractivity (Wildman–Crippen MR) is 148 cm³/mol. The van der Waals surface area contributed by atoms with Crippen LogP contribution in [0.2, 0.25) is 0 Å². The monoisotopic (exact) mass is 532 g/mol. The van der Waals surface area contributed by atoms with E-state index in [0.29, 0.717) is 34.5 Å². The van der Waals surface area contributed by atoms with Crippen LogP contribution in [0.1, 0.15) is 11.4 Å². The molecule has 0 saturated carbocycles. The third-order valence-corrected chi connectivity index (χ3v) is 6.29. The molecule has 4 rings (SSSR count). The van der Waals surface area contributed by atoms with Gasteiger partial charge in [0.05, 0.1) is 39.8 Å². The van der Waals surface area contributed by atoms with Crippen molar-refractivity contribution in [2.24, 2.45) is 5.10 Å². The van der Waals surface area contributed by atoms with Gasteiger partial charge < -0.3 is 19.5 Å². The van der Waals surface area contributed by atoms with E-state index in [9.17, 15) is 4.79 Å². The van der Waals surface area contributed by atoms with Crippen LogP contribution in [0.3, 0.4) is 0 Å². The Hall–Kier alpha value is -4.51. The molecule has 0 spiro atoms. The van der Waals surface area contributed by atoms with Crippen LogP contribution >= 0.6 is 11.8 Å². The van der Waals surface area contributed by atoms with Crippen LogP contribution in [0.15, 0.2) is 83.1 Å². The minimum Gasteiger partial charge on any atom is -0.493 e. The van der Waals surface area contributed by atoms with Gasteiger partial charge in [-0.2, -0.15) is 5.10 Å². The van der Waals surface area contributed by atoms with Crippen molar-refractivity contribution in [2.45, 2.75) is 11.7 Å². The summed E-state index contributed by atoms with van der Waals surface area (Å²) in [5.74, 6) is 2.01. The summed E-state index contributed by atoms with van der Waals surface area (Å²) in [6, 6.07) is 23.1. The van der Waals surface area contributed by atoms with Crippen LogP contribution in [0.4, 0.5) is 5.69 Å². The number of rotatable bonds is 12. The highest BCUT2D eigenvalue weighted by atomic mass is 32.2. The Bertz CT molecular complexity index is 1350. The van der Waals surface area contributed by atoms with Crippen molar-refractivity contribution < 1.29 is 19.0 Å². The molecule has 38 heavy (non-hydrogen) atoms. The lowest BCUT2D eigenvalue weighted by molar-refractivity contribution is -0.118. The zero-order valence-corrected chi connectivity index (χ0v) is 22.1. The standard InChI is InChI=1S/C27H28N6O4S/c1-35-22-14-19(15-23(36-2)26(22)37-3)16-29-31-25(34)18-38-27-32-30-24(17-28-20-10-6-4-7-11-20)33(27)21-12-8-5-9-13-21/h4-16,28H,17-18H2,1-3H3,(H,31,34)/b29-16+. The topological polar surface area (TPSA) is 112 Å². The van der Waals surface area contributed by atoms with E-state index in [1.165, 1.54) is 39.3 Å². The minimum atomic E-state index is -0.287. The number of amides is 1. The van der Waals surface area contributed by atoms with E-state index in [1.54, 1.807) is 12.1 Å². The second-order valence-electron chi connectivity index (χ2n) is 7.83. The van der Waals surface area contributed by atoms with Crippen molar-refractivity contribution >= 4 is 29.6 Å². The lowest BCUT2D eigenvalue weighted by atomic mass is 10.2. The van der Waals surface area contributed by atoms with Crippen molar-refractivity contribution in [3.63, 3.8) is 0 Å². The lowest BCUT2D eigenvalue weighted by Crippen LogP contribution is -2.20. The molecule has 1 aromatic heterocycles. The largest absolute Gasteiger partial charge is 0.493 e. The normalized spacial score (nSPS) is 10.8. The highest BCUT2D eigenvalue weighted by molar-refractivity contribution is 7.99. The highest BCUT2D eigenvalue weighted by Gasteiger charge is 2.16. The van der Waals surface area contributed by atoms with Gasteiger partial charge in [0.25, 0.3) is 5.91 Å². The molecule has 0 fully saturated rings. The predicted octanol–water partition coefficient (Wildman–Crippen LogP) is 4.15. The quantitative estimate of drug-likeness (QED) is 0.159. The lowest BCUT2D eigenvalue weighted by Gasteiger charge is -2.12. The van der Waals surface area contributed by atoms with Gasteiger partial charge in [-0.15, -0.1) is 10.2 Å². The molecule has 0 aliphatic rings. The zero-order valence-electron chi connectivity index (χ0n) is 21.2. The number of nitrogens with zero attached hydrogens (tertiary/aromatic N) is 4. The molecule has 11 heteroatoms. The first kappa shape index (κ1) is 26.6. The molecule has 0 radical (unpaired) electrons. The molecule has 0 bridgehead atoms. The minimum absolute atomic E-state index is 0.101. The first-order valence-electron chi connectivity index (χ1n) is 11.7. The van der Waals surface area contributed by atoms with E-state index < -0.39 is 0 Å². The van der Waals surface area contributed by atoms with Gasteiger partial charge in [-0.3, -0.25) is 9.36 Å². The van der Waals surface area contributed by atoms with Gasteiger partial charge in [-0.05, 0) is 36.4 Å². The van der Waals surface area contributed by atoms with E-state index in [-0.39, 0.29) is 11.7 Å². The summed E-state index contributed by atoms with van der Waals surface area (Å²) in [4.78, 5) is 12.5. The number of carbonyl (C=O) groups is 1. The molecule has 2 N–H and O–H groups in total. The number of para-hydroxylation sites is 2. The summed E-state index contributed by atoms with van der Waals surface area (Å²) in [5.41, 5.74) is 5.11. The van der Waals surface area contributed by atoms with Gasteiger partial charge in [0.2, 0.25) is 5.75 Å². The number of methoxy groups -OCH3 is 3. The molecule has 1 amide bonds. The van der Waals surface area contributed by atoms with Gasteiger partial charge in [-0.1, -0.05) is 48.2 Å². The van der Waals surface area contributed by atoms with Crippen LogP contribution in [-0.4, -0.2) is 54.0 Å². The molecule has 196 valence electrons. The van der Waals surface area contributed by atoms with E-state index in [2.05, 4.69) is 26.0 Å². The van der Waals surface area contributed by atoms with E-state index in [0.717, 1.165) is 17.2 Å². The molecule has 0 saturated heterocycles. The number of benzene rings is 3. The van der Waals surface area contributed by atoms with Crippen LogP contribution in [-0.2, 0) is 11.3 Å². The Morgan fingerprint density at radius 3 is 2.24 bits per heavy atom. The molecule has 0 aliphatic carbocycles. The van der Waals surface area contributed by atoms with Gasteiger partial charge >= 0.3 is 0 Å². The summed E-state index contributed by atoms with van der Waals surface area (Å²) < 4.78 is 18.0. The fraction of sp³-hybridized carbons (Fsp3) is 0.185. The number of thioether (sulfide) groups is 1. The van der Waals surface area contributed by atoms with E-state index in [1.807, 2.05) is 65.2 Å². The van der Waals surface area contributed by atoms with Crippen molar-refractivity contribution in [3.8, 4) is 22.9 Å². The molecule has 10 nitrogen and oxygen atoms in total. The number of aromatic nitrogens is 3. The van der Waals surface area contributed by atoms with Crippen LogP contribution < -0.4 is 25.0 Å². The molecular formula is C27H28N6O4S. The summed E-state index contributed by atoms with van der Waals surface area (Å²) in [6.07, 6.45) is 1.51. The maximum absolute atomic E-state index is 12.5. The van der Waals surface area contributed by atoms with Crippen molar-refractivity contribution in [3.05, 3.63) is 84.2 Å². The molecule has 0 atom stereocenters. The molecule has 4 aromatic rings. The summed E-state index contributed by atoms with van der Waals surface area (Å²) in [7, 11) is 4.61. The number of hydrogen-bond acceptors (Lipinski definition) is 9. The Morgan fingerprint density at radius 1 is 0.947 bits per heavy atom. The second-order valence-corrected chi connectivity index (χ2v) is 8.77. The molecule has 0 unspecified atom stereocenters. The maximum Gasteiger partial charge on any atom is 0.250 e. The number of ether oxygens (including phenoxy) is 3. The molecular weight excluding hydrogens is 504 g/mol. The fourth-order valence-electron chi connectivity index (χ4n) is 3.60. The summed E-state index contributed by atoms with van der Waals surface area (Å²) >= 11 is 1.27. The summed E-state index contributed by atoms with van der Waals surface area (Å²) in [5, 5.41) is 16.7. The van der Waals surface area contributed by atoms with Crippen LogP contribution in [0, 0.1) is 0 Å². The van der Waals surface area contributed by atoms with Crippen LogP contribution in [0.25, 0.3) is 5.69 Å². The molecule has 3 aromatic carbocycles. The van der Waals surface area contributed by atoms with Crippen molar-refractivity contribution in [1.29, 1.82) is 0 Å². The Morgan fingerprint density at radius 2 is 1.61 bits per heavy atom. The number of anilines is 1. The van der Waals surface area contributed by atoms with Gasteiger partial charge in [0, 0.05) is 16.9 Å². The third-order valence-electron chi connectivity index (χ3n) is 5.36. The van der Waals surface area contributed by atoms with Crippen molar-refractivity contribution in [1.82, 2.24) is 20.2 Å². The first-order chi connectivity index (χ1) is 18.6. The average molecular weight is 533 g/mol. The second kappa shape index (κ2) is 13.2. The molecule has 0 aliphatic heterocycles. The first-order valence-corrected chi connectivity index (χ1v) is 12.6. The number of carbonyl (C=O) groups excluding carboxylic acids is 1. The third kappa shape index (κ3) is 6.62. The van der Waals surface area contributed by atoms with Gasteiger partial charge in [-0.25, -0.2) is 5.43 Å². The number of nitrogens with one attached hydrogen (secondary N) is 2. The zero-order chi connectivity index (χ0) is 26.7. The highest BCUT2D eigenvalue weighted by Crippen LogP contribution is 2.37. The SMILES string of the molecule is COc1cc(/C=N/NC(=O)CSc2nnc(CNc3ccccc3)n2-c2ccccc2)cc(OC)c1OC. The van der Waals surface area contributed by atoms with E-state index >= 15 is 0 Å². The molecule has 1 heterocycles. The Kier molecular flexibility index (Phi) is 9.19. The average Bonchev–Trinajstić information content (AvgIpc) is 3.38. The van der Waals surface area contributed by atoms with Gasteiger partial charge in [0.1, 0.15) is 0 Å². The smallest absolute Gasteiger partial charge is 0.250 e. The Labute approximate surface area is 225 Å². The Balaban J connectivity index is 1.42. The fourth-order valence-corrected chi connectivity index (χ4v) is 4.36. The number of hydrazone groups is 1. The van der Waals surface area contributed by atoms with Gasteiger partial charge in [0.15, 0.2) is 22.5 Å². The van der Waals surface area contributed by atoms with Crippen LogP contribution in [0.5, 0.6) is 17.2 Å². The maximum atomic E-state index is 12.5.